The Bertz CT molecular complexity index is 1350. The van der Waals surface area contributed by atoms with Gasteiger partial charge < -0.3 is 9.30 Å². The van der Waals surface area contributed by atoms with Crippen LogP contribution in [0.5, 0.6) is 0 Å². The number of rotatable bonds is 9. The van der Waals surface area contributed by atoms with Crippen molar-refractivity contribution >= 4 is 43.5 Å². The summed E-state index contributed by atoms with van der Waals surface area (Å²) in [6, 6.07) is 11.7. The van der Waals surface area contributed by atoms with Crippen LogP contribution in [0, 0.1) is 0 Å². The van der Waals surface area contributed by atoms with E-state index in [0.717, 1.165) is 33.8 Å². The van der Waals surface area contributed by atoms with E-state index in [1.807, 2.05) is 12.1 Å². The highest BCUT2D eigenvalue weighted by Gasteiger charge is 2.18. The molecule has 10 heteroatoms. The summed E-state index contributed by atoms with van der Waals surface area (Å²) in [5, 5.41) is 0. The van der Waals surface area contributed by atoms with Gasteiger partial charge in [-0.05, 0) is 61.7 Å². The molecule has 1 heterocycles. The molecule has 0 atom stereocenters. The summed E-state index contributed by atoms with van der Waals surface area (Å²) in [7, 11) is -0.703. The Morgan fingerprint density at radius 2 is 1.79 bits per heavy atom. The summed E-state index contributed by atoms with van der Waals surface area (Å²) in [5.74, 6) is -0.937. The van der Waals surface area contributed by atoms with Crippen LogP contribution in [-0.2, 0) is 32.5 Å². The number of hydrogen-bond donors (Lipinski definition) is 0. The lowest BCUT2D eigenvalue weighted by Gasteiger charge is -2.11. The summed E-state index contributed by atoms with van der Waals surface area (Å²) in [5.41, 5.74) is 2.24. The van der Waals surface area contributed by atoms with Gasteiger partial charge in [-0.3, -0.25) is 9.59 Å². The molecule has 0 aliphatic rings. The standard InChI is InChI=1S/C24H29N3O5S2/c1-5-7-8-17-9-14-20-21(15-17)33-24(27(20)16-22(28)32-6-2)25-23(29)18-10-12-19(13-11-18)34(30,31)26(3)4/h9-15H,5-8,16H2,1-4H3. The topological polar surface area (TPSA) is 98.0 Å². The Morgan fingerprint density at radius 3 is 2.41 bits per heavy atom. The summed E-state index contributed by atoms with van der Waals surface area (Å²) in [6.45, 7) is 4.08. The number of fused-ring (bicyclic) bond motifs is 1. The highest BCUT2D eigenvalue weighted by Crippen LogP contribution is 2.21. The Morgan fingerprint density at radius 1 is 1.09 bits per heavy atom. The van der Waals surface area contributed by atoms with E-state index >= 15 is 0 Å². The molecule has 2 aromatic carbocycles. The minimum Gasteiger partial charge on any atom is -0.465 e. The first kappa shape index (κ1) is 25.8. The fourth-order valence-corrected chi connectivity index (χ4v) is 5.35. The summed E-state index contributed by atoms with van der Waals surface area (Å²) >= 11 is 1.33. The molecule has 0 bridgehead atoms. The van der Waals surface area contributed by atoms with Gasteiger partial charge in [0.15, 0.2) is 4.80 Å². The largest absolute Gasteiger partial charge is 0.465 e. The number of aryl methyl sites for hydroxylation is 1. The first-order valence-electron chi connectivity index (χ1n) is 11.1. The number of hydrogen-bond acceptors (Lipinski definition) is 6. The van der Waals surface area contributed by atoms with Gasteiger partial charge in [-0.15, -0.1) is 0 Å². The van der Waals surface area contributed by atoms with E-state index in [0.29, 0.717) is 4.80 Å². The highest BCUT2D eigenvalue weighted by molar-refractivity contribution is 7.89. The van der Waals surface area contributed by atoms with Gasteiger partial charge in [-0.1, -0.05) is 30.7 Å². The number of thiazole rings is 1. The fraction of sp³-hybridized carbons (Fsp3) is 0.375. The van der Waals surface area contributed by atoms with Crippen LogP contribution in [0.25, 0.3) is 10.2 Å². The molecule has 182 valence electrons. The molecule has 0 fully saturated rings. The van der Waals surface area contributed by atoms with E-state index in [1.54, 1.807) is 11.5 Å². The van der Waals surface area contributed by atoms with Crippen LogP contribution in [0.1, 0.15) is 42.6 Å². The van der Waals surface area contributed by atoms with Crippen LogP contribution >= 0.6 is 11.3 Å². The average Bonchev–Trinajstić information content (AvgIpc) is 3.13. The summed E-state index contributed by atoms with van der Waals surface area (Å²) < 4.78 is 33.4. The fourth-order valence-electron chi connectivity index (χ4n) is 3.36. The van der Waals surface area contributed by atoms with Gasteiger partial charge in [-0.2, -0.15) is 4.99 Å². The van der Waals surface area contributed by atoms with Gasteiger partial charge in [0.2, 0.25) is 10.0 Å². The Balaban J connectivity index is 2.02. The molecule has 1 aromatic heterocycles. The van der Waals surface area contributed by atoms with Crippen molar-refractivity contribution in [1.82, 2.24) is 8.87 Å². The number of amides is 1. The molecule has 0 radical (unpaired) electrons. The number of carbonyl (C=O) groups excluding carboxylic acids is 2. The van der Waals surface area contributed by atoms with Gasteiger partial charge >= 0.3 is 5.97 Å². The third kappa shape index (κ3) is 5.81. The Kier molecular flexibility index (Phi) is 8.40. The van der Waals surface area contributed by atoms with Gasteiger partial charge in [0.05, 0.1) is 21.7 Å². The van der Waals surface area contributed by atoms with Gasteiger partial charge in [0, 0.05) is 19.7 Å². The normalized spacial score (nSPS) is 12.4. The zero-order valence-corrected chi connectivity index (χ0v) is 21.4. The van der Waals surface area contributed by atoms with Crippen LogP contribution in [0.3, 0.4) is 0 Å². The molecular weight excluding hydrogens is 474 g/mol. The van der Waals surface area contributed by atoms with Crippen LogP contribution in [-0.4, -0.2) is 49.9 Å². The minimum atomic E-state index is -3.59. The van der Waals surface area contributed by atoms with Crippen LogP contribution in [0.15, 0.2) is 52.4 Å². The SMILES string of the molecule is CCCCc1ccc2c(c1)sc(=NC(=O)c1ccc(S(=O)(=O)N(C)C)cc1)n2CC(=O)OCC. The zero-order chi connectivity index (χ0) is 24.9. The van der Waals surface area contributed by atoms with Crippen LogP contribution in [0.2, 0.25) is 0 Å². The molecule has 34 heavy (non-hydrogen) atoms. The van der Waals surface area contributed by atoms with E-state index in [4.69, 9.17) is 4.74 Å². The van der Waals surface area contributed by atoms with Gasteiger partial charge in [-0.25, -0.2) is 12.7 Å². The molecule has 0 aliphatic carbocycles. The Labute approximate surface area is 203 Å². The number of unbranched alkanes of at least 4 members (excludes halogenated alkanes) is 1. The van der Waals surface area contributed by atoms with Crippen molar-refractivity contribution in [1.29, 1.82) is 0 Å². The molecule has 0 N–H and O–H groups in total. The lowest BCUT2D eigenvalue weighted by molar-refractivity contribution is -0.143. The second-order valence-corrected chi connectivity index (χ2v) is 11.1. The molecule has 0 aliphatic heterocycles. The van der Waals surface area contributed by atoms with E-state index in [1.165, 1.54) is 55.3 Å². The lowest BCUT2D eigenvalue weighted by Crippen LogP contribution is -2.23. The number of esters is 1. The molecule has 0 saturated carbocycles. The van der Waals surface area contributed by atoms with Crippen molar-refractivity contribution in [2.45, 2.75) is 44.6 Å². The maximum atomic E-state index is 12.9. The molecule has 0 unspecified atom stereocenters. The van der Waals surface area contributed by atoms with Crippen molar-refractivity contribution in [2.75, 3.05) is 20.7 Å². The number of sulfonamides is 1. The van der Waals surface area contributed by atoms with E-state index in [9.17, 15) is 18.0 Å². The number of nitrogens with zero attached hydrogens (tertiary/aromatic N) is 3. The van der Waals surface area contributed by atoms with Crippen molar-refractivity contribution in [2.24, 2.45) is 4.99 Å². The molecule has 1 amide bonds. The van der Waals surface area contributed by atoms with E-state index < -0.39 is 21.9 Å². The van der Waals surface area contributed by atoms with Gasteiger partial charge in [0.25, 0.3) is 5.91 Å². The third-order valence-electron chi connectivity index (χ3n) is 5.24. The monoisotopic (exact) mass is 503 g/mol. The van der Waals surface area contributed by atoms with Crippen molar-refractivity contribution in [3.8, 4) is 0 Å². The van der Waals surface area contributed by atoms with Crippen molar-refractivity contribution in [3.63, 3.8) is 0 Å². The summed E-state index contributed by atoms with van der Waals surface area (Å²) in [6.07, 6.45) is 3.12. The second kappa shape index (κ2) is 11.1. The van der Waals surface area contributed by atoms with E-state index in [-0.39, 0.29) is 23.6 Å². The average molecular weight is 504 g/mol. The molecule has 0 spiro atoms. The molecular formula is C24H29N3O5S2. The predicted molar refractivity (Wildman–Crippen MR) is 132 cm³/mol. The smallest absolute Gasteiger partial charge is 0.326 e. The van der Waals surface area contributed by atoms with Crippen LogP contribution in [0.4, 0.5) is 0 Å². The first-order chi connectivity index (χ1) is 16.2. The number of benzene rings is 2. The zero-order valence-electron chi connectivity index (χ0n) is 19.8. The Hall–Kier alpha value is -2.82. The molecule has 0 saturated heterocycles. The molecule has 3 aromatic rings. The number of ether oxygens (including phenoxy) is 1. The van der Waals surface area contributed by atoms with Crippen molar-refractivity contribution in [3.05, 3.63) is 58.4 Å². The predicted octanol–water partition coefficient (Wildman–Crippen LogP) is 3.60. The minimum absolute atomic E-state index is 0.0612. The van der Waals surface area contributed by atoms with E-state index in [2.05, 4.69) is 18.0 Å². The second-order valence-electron chi connectivity index (χ2n) is 7.91. The van der Waals surface area contributed by atoms with Gasteiger partial charge in [0.1, 0.15) is 6.54 Å². The lowest BCUT2D eigenvalue weighted by atomic mass is 10.1. The first-order valence-corrected chi connectivity index (χ1v) is 13.3. The molecule has 8 nitrogen and oxygen atoms in total. The third-order valence-corrected chi connectivity index (χ3v) is 8.11. The van der Waals surface area contributed by atoms with Crippen molar-refractivity contribution < 1.29 is 22.7 Å². The quantitative estimate of drug-likeness (QED) is 0.416. The summed E-state index contributed by atoms with van der Waals surface area (Å²) in [4.78, 5) is 29.9. The number of aromatic nitrogens is 1. The maximum Gasteiger partial charge on any atom is 0.326 e. The maximum absolute atomic E-state index is 12.9. The van der Waals surface area contributed by atoms with Crippen LogP contribution < -0.4 is 4.80 Å². The number of carbonyl (C=O) groups is 2. The highest BCUT2D eigenvalue weighted by atomic mass is 32.2. The molecule has 3 rings (SSSR count).